The number of benzene rings is 1. The molecule has 0 saturated carbocycles. The fraction of sp³-hybridized carbons (Fsp3) is 0.0588. The highest BCUT2D eigenvalue weighted by Crippen LogP contribution is 2.21. The number of aromatic nitrogens is 2. The van der Waals surface area contributed by atoms with Gasteiger partial charge in [0.1, 0.15) is 18.0 Å². The number of para-hydroxylation sites is 1. The number of ether oxygens (including phenoxy) is 1. The molecule has 0 spiro atoms. The van der Waals surface area contributed by atoms with E-state index in [0.717, 1.165) is 10.9 Å². The van der Waals surface area contributed by atoms with E-state index in [1.165, 1.54) is 0 Å². The van der Waals surface area contributed by atoms with Crippen molar-refractivity contribution >= 4 is 16.9 Å². The lowest BCUT2D eigenvalue weighted by molar-refractivity contribution is 0.0458. The molecule has 114 valence electrons. The second kappa shape index (κ2) is 5.49. The van der Waals surface area contributed by atoms with Gasteiger partial charge in [-0.15, -0.1) is 0 Å². The van der Waals surface area contributed by atoms with Crippen LogP contribution < -0.4 is 0 Å². The third-order valence-electron chi connectivity index (χ3n) is 3.42. The van der Waals surface area contributed by atoms with Crippen molar-refractivity contribution in [3.63, 3.8) is 0 Å². The number of carbonyl (C=O) groups is 1. The molecule has 0 amide bonds. The van der Waals surface area contributed by atoms with Crippen LogP contribution in [0.3, 0.4) is 0 Å². The monoisotopic (exact) mass is 308 g/mol. The number of aromatic amines is 1. The first-order valence-electron chi connectivity index (χ1n) is 7.04. The normalized spacial score (nSPS) is 11.0. The lowest BCUT2D eigenvalue weighted by Crippen LogP contribution is -2.05. The largest absolute Gasteiger partial charge is 0.461 e. The summed E-state index contributed by atoms with van der Waals surface area (Å²) in [7, 11) is 0. The van der Waals surface area contributed by atoms with E-state index in [1.54, 1.807) is 30.5 Å². The summed E-state index contributed by atoms with van der Waals surface area (Å²) in [6.07, 6.45) is 1.55. The van der Waals surface area contributed by atoms with Gasteiger partial charge in [-0.3, -0.25) is 0 Å². The number of esters is 1. The summed E-state index contributed by atoms with van der Waals surface area (Å²) in [5.74, 6) is 0.626. The first kappa shape index (κ1) is 13.4. The maximum absolute atomic E-state index is 12.1. The zero-order valence-electron chi connectivity index (χ0n) is 12.0. The molecule has 0 aliphatic heterocycles. The van der Waals surface area contributed by atoms with Crippen LogP contribution in [0.2, 0.25) is 0 Å². The highest BCUT2D eigenvalue weighted by molar-refractivity contribution is 5.94. The van der Waals surface area contributed by atoms with Crippen molar-refractivity contribution in [2.75, 3.05) is 0 Å². The molecule has 23 heavy (non-hydrogen) atoms. The molecule has 0 bridgehead atoms. The van der Waals surface area contributed by atoms with Gasteiger partial charge in [-0.1, -0.05) is 23.4 Å². The van der Waals surface area contributed by atoms with Gasteiger partial charge in [0.15, 0.2) is 5.76 Å². The zero-order chi connectivity index (χ0) is 15.6. The number of rotatable bonds is 4. The van der Waals surface area contributed by atoms with Gasteiger partial charge in [-0.05, 0) is 24.3 Å². The molecular formula is C17H12N2O4. The third kappa shape index (κ3) is 2.62. The van der Waals surface area contributed by atoms with Gasteiger partial charge in [0.2, 0.25) is 5.76 Å². The van der Waals surface area contributed by atoms with E-state index in [1.807, 2.05) is 24.3 Å². The third-order valence-corrected chi connectivity index (χ3v) is 3.42. The van der Waals surface area contributed by atoms with Crippen LogP contribution in [-0.2, 0) is 11.3 Å². The average molecular weight is 308 g/mol. The molecule has 3 heterocycles. The lowest BCUT2D eigenvalue weighted by Gasteiger charge is -1.99. The summed E-state index contributed by atoms with van der Waals surface area (Å²) in [6, 6.07) is 14.6. The Kier molecular flexibility index (Phi) is 3.20. The number of carbonyl (C=O) groups excluding carboxylic acids is 1. The molecule has 0 atom stereocenters. The van der Waals surface area contributed by atoms with Crippen molar-refractivity contribution in [2.45, 2.75) is 6.61 Å². The number of hydrogen-bond acceptors (Lipinski definition) is 5. The molecule has 1 aromatic carbocycles. The number of nitrogens with one attached hydrogen (secondary N) is 1. The van der Waals surface area contributed by atoms with Crippen molar-refractivity contribution in [3.8, 4) is 11.5 Å². The Hall–Kier alpha value is -3.28. The summed E-state index contributed by atoms with van der Waals surface area (Å²) in [4.78, 5) is 15.1. The highest BCUT2D eigenvalue weighted by Gasteiger charge is 2.14. The van der Waals surface area contributed by atoms with Gasteiger partial charge in [0, 0.05) is 17.0 Å². The first-order valence-corrected chi connectivity index (χ1v) is 7.04. The van der Waals surface area contributed by atoms with E-state index in [4.69, 9.17) is 13.7 Å². The Bertz CT molecular complexity index is 917. The summed E-state index contributed by atoms with van der Waals surface area (Å²) in [5.41, 5.74) is 1.81. The first-order chi connectivity index (χ1) is 11.3. The lowest BCUT2D eigenvalue weighted by atomic mass is 10.2. The second-order valence-electron chi connectivity index (χ2n) is 5.01. The summed E-state index contributed by atoms with van der Waals surface area (Å²) < 4.78 is 15.6. The Morgan fingerprint density at radius 2 is 2.04 bits per heavy atom. The van der Waals surface area contributed by atoms with Crippen molar-refractivity contribution in [1.82, 2.24) is 10.1 Å². The Labute approximate surface area is 130 Å². The molecule has 0 unspecified atom stereocenters. The number of fused-ring (bicyclic) bond motifs is 1. The van der Waals surface area contributed by atoms with Crippen molar-refractivity contribution in [2.24, 2.45) is 0 Å². The Morgan fingerprint density at radius 3 is 2.87 bits per heavy atom. The van der Waals surface area contributed by atoms with Crippen molar-refractivity contribution < 1.29 is 18.5 Å². The molecule has 0 fully saturated rings. The van der Waals surface area contributed by atoms with Crippen LogP contribution in [0.25, 0.3) is 22.4 Å². The van der Waals surface area contributed by atoms with Crippen molar-refractivity contribution in [1.29, 1.82) is 0 Å². The topological polar surface area (TPSA) is 81.3 Å². The van der Waals surface area contributed by atoms with Crippen LogP contribution in [0, 0.1) is 0 Å². The molecule has 6 nitrogen and oxygen atoms in total. The van der Waals surface area contributed by atoms with E-state index in [2.05, 4.69) is 10.1 Å². The van der Waals surface area contributed by atoms with Crippen LogP contribution in [0.1, 0.15) is 16.2 Å². The SMILES string of the molecule is O=C(OCc1cc(-c2ccco2)on1)c1cc2ccccc2[nH]1. The number of hydrogen-bond donors (Lipinski definition) is 1. The molecule has 0 radical (unpaired) electrons. The van der Waals surface area contributed by atoms with Gasteiger partial charge in [-0.2, -0.15) is 0 Å². The Balaban J connectivity index is 1.45. The van der Waals surface area contributed by atoms with E-state index in [0.29, 0.717) is 22.9 Å². The van der Waals surface area contributed by atoms with Crippen LogP contribution in [0.15, 0.2) is 63.7 Å². The van der Waals surface area contributed by atoms with Crippen LogP contribution in [-0.4, -0.2) is 16.1 Å². The fourth-order valence-electron chi connectivity index (χ4n) is 2.32. The van der Waals surface area contributed by atoms with Gasteiger partial charge < -0.3 is 18.7 Å². The van der Waals surface area contributed by atoms with E-state index in [9.17, 15) is 4.79 Å². The summed E-state index contributed by atoms with van der Waals surface area (Å²) in [6.45, 7) is 0.0262. The minimum absolute atomic E-state index is 0.0262. The maximum Gasteiger partial charge on any atom is 0.355 e. The molecule has 0 aliphatic carbocycles. The van der Waals surface area contributed by atoms with Crippen molar-refractivity contribution in [3.05, 3.63) is 66.2 Å². The predicted molar refractivity (Wildman–Crippen MR) is 81.6 cm³/mol. The van der Waals surface area contributed by atoms with Crippen LogP contribution in [0.5, 0.6) is 0 Å². The molecule has 4 rings (SSSR count). The Morgan fingerprint density at radius 1 is 1.13 bits per heavy atom. The molecule has 4 aromatic rings. The quantitative estimate of drug-likeness (QED) is 0.580. The van der Waals surface area contributed by atoms with E-state index in [-0.39, 0.29) is 6.61 Å². The molecule has 6 heteroatoms. The second-order valence-corrected chi connectivity index (χ2v) is 5.01. The van der Waals surface area contributed by atoms with E-state index < -0.39 is 5.97 Å². The number of nitrogens with zero attached hydrogens (tertiary/aromatic N) is 1. The van der Waals surface area contributed by atoms with Gasteiger partial charge >= 0.3 is 5.97 Å². The smallest absolute Gasteiger partial charge is 0.355 e. The van der Waals surface area contributed by atoms with Crippen LogP contribution in [0.4, 0.5) is 0 Å². The van der Waals surface area contributed by atoms with Gasteiger partial charge in [-0.25, -0.2) is 4.79 Å². The van der Waals surface area contributed by atoms with E-state index >= 15 is 0 Å². The summed E-state index contributed by atoms with van der Waals surface area (Å²) in [5, 5.41) is 4.82. The average Bonchev–Trinajstić information content (AvgIpc) is 3.31. The number of H-pyrrole nitrogens is 1. The fourth-order valence-corrected chi connectivity index (χ4v) is 2.32. The van der Waals surface area contributed by atoms with Gasteiger partial charge in [0.05, 0.1) is 6.26 Å². The van der Waals surface area contributed by atoms with Gasteiger partial charge in [0.25, 0.3) is 0 Å². The zero-order valence-corrected chi connectivity index (χ0v) is 12.0. The molecule has 0 aliphatic rings. The molecule has 3 aromatic heterocycles. The highest BCUT2D eigenvalue weighted by atomic mass is 16.5. The summed E-state index contributed by atoms with van der Waals surface area (Å²) >= 11 is 0. The maximum atomic E-state index is 12.1. The predicted octanol–water partition coefficient (Wildman–Crippen LogP) is 3.77. The number of furan rings is 1. The van der Waals surface area contributed by atoms with Crippen LogP contribution >= 0.6 is 0 Å². The molecule has 0 saturated heterocycles. The molecule has 1 N–H and O–H groups in total. The standard InChI is InChI=1S/C17H12N2O4/c20-17(14-8-11-4-1-2-5-13(11)18-14)22-10-12-9-16(23-19-12)15-6-3-7-21-15/h1-9,18H,10H2. The molecular weight excluding hydrogens is 296 g/mol. The minimum atomic E-state index is -0.441. The minimum Gasteiger partial charge on any atom is -0.461 e.